The highest BCUT2D eigenvalue weighted by molar-refractivity contribution is 7.92. The first-order chi connectivity index (χ1) is 17.3. The van der Waals surface area contributed by atoms with Crippen LogP contribution in [0, 0.1) is 13.8 Å². The minimum Gasteiger partial charge on any atom is -0.339 e. The van der Waals surface area contributed by atoms with E-state index in [0.717, 1.165) is 34.7 Å². The molecule has 0 saturated carbocycles. The number of aryl methyl sites for hydroxylation is 2. The van der Waals surface area contributed by atoms with E-state index in [1.165, 1.54) is 12.1 Å². The molecule has 0 radical (unpaired) electrons. The molecule has 1 aliphatic heterocycles. The van der Waals surface area contributed by atoms with Gasteiger partial charge in [0.1, 0.15) is 6.54 Å². The summed E-state index contributed by atoms with van der Waals surface area (Å²) in [6.45, 7) is 4.78. The second-order valence-electron chi connectivity index (χ2n) is 9.04. The number of nitrogens with zero attached hydrogens (tertiary/aromatic N) is 2. The number of likely N-dealkylation sites (tertiary alicyclic amines) is 1. The van der Waals surface area contributed by atoms with Crippen LogP contribution >= 0.6 is 0 Å². The first kappa shape index (κ1) is 25.4. The zero-order valence-corrected chi connectivity index (χ0v) is 21.4. The van der Waals surface area contributed by atoms with E-state index in [9.17, 15) is 18.0 Å². The van der Waals surface area contributed by atoms with Crippen LogP contribution in [-0.4, -0.2) is 44.8 Å². The number of carbonyl (C=O) groups is 2. The van der Waals surface area contributed by atoms with Gasteiger partial charge in [0.05, 0.1) is 21.8 Å². The molecule has 1 fully saturated rings. The van der Waals surface area contributed by atoms with Gasteiger partial charge < -0.3 is 10.2 Å². The number of hydrogen-bond donors (Lipinski definition) is 1. The zero-order chi connectivity index (χ0) is 25.7. The summed E-state index contributed by atoms with van der Waals surface area (Å²) in [6.07, 6.45) is 3.03. The second kappa shape index (κ2) is 11.0. The third kappa shape index (κ3) is 5.60. The summed E-state index contributed by atoms with van der Waals surface area (Å²) < 4.78 is 28.3. The summed E-state index contributed by atoms with van der Waals surface area (Å²) in [4.78, 5) is 28.3. The molecule has 8 heteroatoms. The maximum Gasteiger partial charge on any atom is 0.264 e. The Balaban J connectivity index is 1.62. The van der Waals surface area contributed by atoms with Gasteiger partial charge in [-0.15, -0.1) is 0 Å². The molecule has 4 rings (SSSR count). The van der Waals surface area contributed by atoms with Crippen LogP contribution in [0.5, 0.6) is 0 Å². The van der Waals surface area contributed by atoms with E-state index < -0.39 is 22.5 Å². The molecule has 1 N–H and O–H groups in total. The van der Waals surface area contributed by atoms with Crippen LogP contribution in [0.2, 0.25) is 0 Å². The van der Waals surface area contributed by atoms with Gasteiger partial charge in [0, 0.05) is 13.1 Å². The lowest BCUT2D eigenvalue weighted by atomic mass is 10.1. The van der Waals surface area contributed by atoms with Crippen molar-refractivity contribution in [1.82, 2.24) is 4.90 Å². The van der Waals surface area contributed by atoms with Crippen LogP contribution in [-0.2, 0) is 14.8 Å². The number of para-hydroxylation sites is 1. The lowest BCUT2D eigenvalue weighted by molar-refractivity contribution is -0.114. The zero-order valence-electron chi connectivity index (χ0n) is 20.6. The summed E-state index contributed by atoms with van der Waals surface area (Å²) in [5.41, 5.74) is 3.10. The Hall–Kier alpha value is -3.65. The molecule has 3 aromatic rings. The Morgan fingerprint density at radius 1 is 0.861 bits per heavy atom. The van der Waals surface area contributed by atoms with Crippen molar-refractivity contribution >= 4 is 33.2 Å². The van der Waals surface area contributed by atoms with Gasteiger partial charge in [-0.05, 0) is 80.6 Å². The van der Waals surface area contributed by atoms with Gasteiger partial charge in [-0.25, -0.2) is 8.42 Å². The topological polar surface area (TPSA) is 86.8 Å². The number of nitrogens with one attached hydrogen (secondary N) is 1. The molecule has 0 spiro atoms. The van der Waals surface area contributed by atoms with Gasteiger partial charge in [-0.3, -0.25) is 13.9 Å². The first-order valence-electron chi connectivity index (χ1n) is 12.1. The molecule has 7 nitrogen and oxygen atoms in total. The van der Waals surface area contributed by atoms with Gasteiger partial charge in [-0.1, -0.05) is 36.4 Å². The van der Waals surface area contributed by atoms with Crippen LogP contribution in [0.1, 0.15) is 40.7 Å². The van der Waals surface area contributed by atoms with Crippen LogP contribution in [0.15, 0.2) is 77.7 Å². The van der Waals surface area contributed by atoms with E-state index in [2.05, 4.69) is 5.32 Å². The van der Waals surface area contributed by atoms with Gasteiger partial charge in [0.15, 0.2) is 0 Å². The minimum atomic E-state index is -4.02. The van der Waals surface area contributed by atoms with Crippen molar-refractivity contribution in [3.05, 3.63) is 89.5 Å². The van der Waals surface area contributed by atoms with Crippen molar-refractivity contribution < 1.29 is 18.0 Å². The van der Waals surface area contributed by atoms with Gasteiger partial charge in [-0.2, -0.15) is 0 Å². The molecule has 0 atom stereocenters. The standard InChI is InChI=1S/C28H31N3O4S/c1-21-15-16-23(19-22(21)2)31(36(34,35)24-11-5-3-6-12-24)20-27(32)29-26-14-8-7-13-25(26)28(33)30-17-9-4-10-18-30/h3,5-8,11-16,19H,4,9-10,17-18,20H2,1-2H3,(H,29,32). The maximum atomic E-state index is 13.6. The summed E-state index contributed by atoms with van der Waals surface area (Å²) in [7, 11) is -4.02. The van der Waals surface area contributed by atoms with Crippen molar-refractivity contribution in [3.8, 4) is 0 Å². The summed E-state index contributed by atoms with van der Waals surface area (Å²) in [5.74, 6) is -0.667. The van der Waals surface area contributed by atoms with Crippen molar-refractivity contribution in [2.24, 2.45) is 0 Å². The smallest absolute Gasteiger partial charge is 0.264 e. The highest BCUT2D eigenvalue weighted by Gasteiger charge is 2.28. The molecular formula is C28H31N3O4S. The van der Waals surface area contributed by atoms with E-state index in [0.29, 0.717) is 30.0 Å². The highest BCUT2D eigenvalue weighted by atomic mass is 32.2. The molecule has 0 bridgehead atoms. The summed E-state index contributed by atoms with van der Waals surface area (Å²) >= 11 is 0. The lowest BCUT2D eigenvalue weighted by Gasteiger charge is -2.28. The van der Waals surface area contributed by atoms with E-state index in [1.807, 2.05) is 19.9 Å². The average Bonchev–Trinajstić information content (AvgIpc) is 2.90. The third-order valence-corrected chi connectivity index (χ3v) is 8.26. The van der Waals surface area contributed by atoms with E-state index in [-0.39, 0.29) is 10.8 Å². The normalized spacial score (nSPS) is 13.8. The fourth-order valence-corrected chi connectivity index (χ4v) is 5.72. The Labute approximate surface area is 212 Å². The average molecular weight is 506 g/mol. The molecular weight excluding hydrogens is 474 g/mol. The molecule has 0 aliphatic carbocycles. The number of benzene rings is 3. The van der Waals surface area contributed by atoms with Crippen LogP contribution in [0.25, 0.3) is 0 Å². The molecule has 1 saturated heterocycles. The largest absolute Gasteiger partial charge is 0.339 e. The Morgan fingerprint density at radius 2 is 1.53 bits per heavy atom. The molecule has 1 aliphatic rings. The minimum absolute atomic E-state index is 0.0942. The lowest BCUT2D eigenvalue weighted by Crippen LogP contribution is -2.39. The molecule has 0 unspecified atom stereocenters. The van der Waals surface area contributed by atoms with Crippen molar-refractivity contribution in [1.29, 1.82) is 0 Å². The van der Waals surface area contributed by atoms with Crippen LogP contribution < -0.4 is 9.62 Å². The van der Waals surface area contributed by atoms with E-state index in [1.54, 1.807) is 59.5 Å². The maximum absolute atomic E-state index is 13.6. The highest BCUT2D eigenvalue weighted by Crippen LogP contribution is 2.26. The Morgan fingerprint density at radius 3 is 2.22 bits per heavy atom. The summed E-state index contributed by atoms with van der Waals surface area (Å²) in [6, 6.07) is 20.2. The SMILES string of the molecule is Cc1ccc(N(CC(=O)Nc2ccccc2C(=O)N2CCCCC2)S(=O)(=O)c2ccccc2)cc1C. The number of carbonyl (C=O) groups excluding carboxylic acids is 2. The van der Waals surface area contributed by atoms with Crippen molar-refractivity contribution in [3.63, 3.8) is 0 Å². The molecule has 3 aromatic carbocycles. The Kier molecular flexibility index (Phi) is 7.74. The van der Waals surface area contributed by atoms with E-state index >= 15 is 0 Å². The molecule has 2 amide bonds. The Bertz CT molecular complexity index is 1350. The predicted molar refractivity (Wildman–Crippen MR) is 142 cm³/mol. The van der Waals surface area contributed by atoms with Crippen molar-refractivity contribution in [2.45, 2.75) is 38.0 Å². The number of hydrogen-bond acceptors (Lipinski definition) is 4. The van der Waals surface area contributed by atoms with Crippen molar-refractivity contribution in [2.75, 3.05) is 29.3 Å². The van der Waals surface area contributed by atoms with Crippen LogP contribution in [0.3, 0.4) is 0 Å². The number of rotatable bonds is 7. The number of sulfonamides is 1. The van der Waals surface area contributed by atoms with Gasteiger partial charge in [0.25, 0.3) is 15.9 Å². The molecule has 188 valence electrons. The fourth-order valence-electron chi connectivity index (χ4n) is 4.28. The number of amides is 2. The number of anilines is 2. The number of piperidine rings is 1. The first-order valence-corrected chi connectivity index (χ1v) is 13.5. The summed E-state index contributed by atoms with van der Waals surface area (Å²) in [5, 5.41) is 2.79. The van der Waals surface area contributed by atoms with Crippen LogP contribution in [0.4, 0.5) is 11.4 Å². The molecule has 36 heavy (non-hydrogen) atoms. The predicted octanol–water partition coefficient (Wildman–Crippen LogP) is 4.76. The quantitative estimate of drug-likeness (QED) is 0.501. The monoisotopic (exact) mass is 505 g/mol. The van der Waals surface area contributed by atoms with E-state index in [4.69, 9.17) is 0 Å². The fraction of sp³-hybridized carbons (Fsp3) is 0.286. The van der Waals surface area contributed by atoms with Gasteiger partial charge >= 0.3 is 0 Å². The molecule has 0 aromatic heterocycles. The van der Waals surface area contributed by atoms with Gasteiger partial charge in [0.2, 0.25) is 5.91 Å². The molecule has 1 heterocycles. The third-order valence-electron chi connectivity index (χ3n) is 6.47. The second-order valence-corrected chi connectivity index (χ2v) is 10.9.